The fraction of sp³-hybridized carbons (Fsp3) is 0.0370. The number of hydrogen-bond donors (Lipinski definition) is 2. The normalized spacial score (nSPS) is 11.4. The Labute approximate surface area is 284 Å². The van der Waals surface area contributed by atoms with Gasteiger partial charge >= 0.3 is 52.7 Å². The molecule has 0 radical (unpaired) electrons. The van der Waals surface area contributed by atoms with Crippen molar-refractivity contribution < 1.29 is 47.8 Å². The van der Waals surface area contributed by atoms with E-state index >= 15 is 0 Å². The summed E-state index contributed by atoms with van der Waals surface area (Å²) in [7, 11) is 0. The van der Waals surface area contributed by atoms with Crippen molar-refractivity contribution in [1.29, 1.82) is 0 Å². The Morgan fingerprint density at radius 2 is 1.48 bits per heavy atom. The molecule has 0 spiro atoms. The van der Waals surface area contributed by atoms with Crippen molar-refractivity contribution in [2.75, 3.05) is 0 Å². The summed E-state index contributed by atoms with van der Waals surface area (Å²) in [5.74, 6) is -2.15. The van der Waals surface area contributed by atoms with E-state index in [1.54, 1.807) is 12.1 Å². The van der Waals surface area contributed by atoms with Gasteiger partial charge in [0.2, 0.25) is 0 Å². The van der Waals surface area contributed by atoms with Gasteiger partial charge in [-0.05, 0) is 52.6 Å². The second kappa shape index (κ2) is 18.4. The minimum atomic E-state index is -4.49. The third-order valence-electron chi connectivity index (χ3n) is 4.97. The first kappa shape index (κ1) is 36.8. The van der Waals surface area contributed by atoms with E-state index in [1.807, 2.05) is 24.3 Å². The van der Waals surface area contributed by atoms with Gasteiger partial charge in [0, 0.05) is 16.0 Å². The number of thiocarbonyl (C=S) groups is 1. The minimum absolute atomic E-state index is 0.0718. The van der Waals surface area contributed by atoms with Gasteiger partial charge in [-0.25, -0.2) is 14.6 Å². The van der Waals surface area contributed by atoms with Crippen LogP contribution in [0.2, 0.25) is 0 Å². The second-order valence-corrected chi connectivity index (χ2v) is 10.4. The Morgan fingerprint density at radius 1 is 0.932 bits per heavy atom. The van der Waals surface area contributed by atoms with Gasteiger partial charge in [0.05, 0.1) is 33.9 Å². The van der Waals surface area contributed by atoms with Crippen molar-refractivity contribution in [3.8, 4) is 22.8 Å². The molecular weight excluding hydrogens is 916 g/mol. The fourth-order valence-electron chi connectivity index (χ4n) is 3.14. The summed E-state index contributed by atoms with van der Waals surface area (Å²) >= 11 is 7.84. The van der Waals surface area contributed by atoms with Crippen LogP contribution >= 0.6 is 52.7 Å². The van der Waals surface area contributed by atoms with Crippen molar-refractivity contribution in [2.45, 2.75) is 6.18 Å². The zero-order chi connectivity index (χ0) is 32.7. The number of nitrogens with zero attached hydrogens (tertiary/aromatic N) is 6. The molecule has 5 rings (SSSR count). The van der Waals surface area contributed by atoms with Gasteiger partial charge in [0.25, 0.3) is 0 Å². The predicted molar refractivity (Wildman–Crippen MR) is 174 cm³/mol. The number of isothiocyanates is 1. The van der Waals surface area contributed by atoms with Crippen molar-refractivity contribution in [3.05, 3.63) is 107 Å². The molecule has 0 amide bonds. The predicted octanol–water partition coefficient (Wildman–Crippen LogP) is 6.89. The van der Waals surface area contributed by atoms with E-state index in [4.69, 9.17) is 15.6 Å². The molecule has 0 saturated heterocycles. The third-order valence-corrected chi connectivity index (χ3v) is 7.33. The molecule has 17 heteroatoms. The average Bonchev–Trinajstić information content (AvgIpc) is 3.55. The maximum atomic E-state index is 12.5. The van der Waals surface area contributed by atoms with Crippen LogP contribution in [0.1, 0.15) is 32.1 Å². The Bertz CT molecular complexity index is 1690. The van der Waals surface area contributed by atoms with Gasteiger partial charge in [-0.3, -0.25) is 9.97 Å². The molecule has 0 atom stereocenters. The van der Waals surface area contributed by atoms with E-state index in [1.165, 1.54) is 41.8 Å². The first-order valence-corrected chi connectivity index (χ1v) is 19.4. The summed E-state index contributed by atoms with van der Waals surface area (Å²) in [6.45, 7) is 0. The van der Waals surface area contributed by atoms with E-state index in [9.17, 15) is 22.8 Å². The molecular formula is C27H16F3I2N6O4RuS. The number of carboxylic acids is 2. The zero-order valence-corrected chi connectivity index (χ0v) is 28.5. The average molecular weight is 932 g/mol. The molecule has 4 aromatic rings. The van der Waals surface area contributed by atoms with E-state index in [2.05, 4.69) is 75.9 Å². The number of alkyl halides is 3. The molecule has 0 aromatic carbocycles. The molecule has 227 valence electrons. The topological polar surface area (TPSA) is 163 Å². The van der Waals surface area contributed by atoms with E-state index in [-0.39, 0.29) is 37.6 Å². The van der Waals surface area contributed by atoms with Crippen LogP contribution in [0.4, 0.5) is 13.2 Å². The summed E-state index contributed by atoms with van der Waals surface area (Å²) in [4.78, 5) is 34.0. The number of carbonyl (C=O) groups is 2. The summed E-state index contributed by atoms with van der Waals surface area (Å²) in [5, 5.41) is 32.9. The third kappa shape index (κ3) is 11.3. The van der Waals surface area contributed by atoms with E-state index in [0.717, 1.165) is 15.3 Å². The van der Waals surface area contributed by atoms with Crippen LogP contribution in [0.3, 0.4) is 0 Å². The van der Waals surface area contributed by atoms with Crippen LogP contribution < -0.4 is 5.10 Å². The van der Waals surface area contributed by atoms with Crippen molar-refractivity contribution in [2.24, 2.45) is 0 Å². The monoisotopic (exact) mass is 933 g/mol. The molecule has 0 saturated carbocycles. The van der Waals surface area contributed by atoms with Crippen LogP contribution in [-0.4, -0.2) is 51.4 Å². The number of aromatic carboxylic acids is 2. The van der Waals surface area contributed by atoms with Crippen molar-refractivity contribution in [3.63, 3.8) is 0 Å². The summed E-state index contributed by atoms with van der Waals surface area (Å²) < 4.78 is 40.9. The number of rotatable bonds is 5. The van der Waals surface area contributed by atoms with Crippen LogP contribution in [0.5, 0.6) is 0 Å². The summed E-state index contributed by atoms with van der Waals surface area (Å²) in [5.41, 5.74) is 1.09. The Morgan fingerprint density at radius 3 is 1.93 bits per heavy atom. The molecule has 0 unspecified atom stereocenters. The quantitative estimate of drug-likeness (QED) is 0.0934. The van der Waals surface area contributed by atoms with Crippen LogP contribution in [-0.2, 0) is 21.0 Å². The van der Waals surface area contributed by atoms with Crippen LogP contribution in [0, 0.1) is 0 Å². The van der Waals surface area contributed by atoms with Gasteiger partial charge < -0.3 is 25.8 Å². The second-order valence-electron chi connectivity index (χ2n) is 7.72. The van der Waals surface area contributed by atoms with E-state index in [0.29, 0.717) is 17.1 Å². The Balaban J connectivity index is 0.000000271. The first-order chi connectivity index (χ1) is 21.0. The molecule has 1 aliphatic rings. The summed E-state index contributed by atoms with van der Waals surface area (Å²) in [6.07, 6.45) is 4.09. The maximum absolute atomic E-state index is 12.5. The van der Waals surface area contributed by atoms with Crippen molar-refractivity contribution in [1.82, 2.24) is 25.1 Å². The standard InChI is InChI=1S/C14H8F3IN3.C12H8N2O4.CNS.HI.Ru/c15-14(16,17)13-8-12(20-21-13)11-6-3-5-10(19-11)9-4-1-2-7-18-9;15-11(16)7-1-3-13-9(5-7)10-6-8(12(17)18)2-4-14-10;2-1-3;;/h1-8H;1-6H,(H,15,16)(H,17,18);;1H;/q-1;;-1;;+3/p-1. The number of halogens is 5. The molecule has 1 aliphatic heterocycles. The molecule has 2 N–H and O–H groups in total. The van der Waals surface area contributed by atoms with Gasteiger partial charge in [0.1, 0.15) is 5.69 Å². The fourth-order valence-corrected chi connectivity index (χ4v) is 5.01. The first-order valence-electron chi connectivity index (χ1n) is 11.5. The number of aromatic nitrogens is 5. The van der Waals surface area contributed by atoms with Crippen molar-refractivity contribution >= 4 is 77.4 Å². The van der Waals surface area contributed by atoms with Crippen LogP contribution in [0.25, 0.3) is 31.8 Å². The van der Waals surface area contributed by atoms with Gasteiger partial charge in [-0.1, -0.05) is 56.9 Å². The van der Waals surface area contributed by atoms with Gasteiger partial charge in [-0.15, -0.1) is 0 Å². The van der Waals surface area contributed by atoms with Gasteiger partial charge in [0.15, 0.2) is 0 Å². The van der Waals surface area contributed by atoms with Gasteiger partial charge in [-0.2, -0.15) is 18.3 Å². The Hall–Kier alpha value is -3.38. The SMILES string of the molecule is FC(F)(F)c1cc(-c2cccc(C3=CC=CC=I3)n2)[n-]n1.O=C(O)c1ccnc(-c2cc(C(=O)O)ccn2)c1.[N-]=C=S.[Ru+2][I]. The molecule has 4 aromatic heterocycles. The number of pyridine rings is 3. The molecule has 5 heterocycles. The number of hydrogen-bond acceptors (Lipinski definition) is 7. The number of allylic oxidation sites excluding steroid dienone is 3. The Kier molecular flexibility index (Phi) is 15.4. The summed E-state index contributed by atoms with van der Waals surface area (Å²) in [6, 6.07) is 11.6. The number of carboxylic acid groups (broad SMARTS) is 2. The zero-order valence-electron chi connectivity index (χ0n) is 21.6. The molecule has 0 bridgehead atoms. The molecule has 10 nitrogen and oxygen atoms in total. The molecule has 0 fully saturated rings. The molecule has 0 aliphatic carbocycles. The van der Waals surface area contributed by atoms with Crippen LogP contribution in [0.15, 0.2) is 79.2 Å². The van der Waals surface area contributed by atoms with E-state index < -0.39 is 23.8 Å². The molecule has 44 heavy (non-hydrogen) atoms.